The van der Waals surface area contributed by atoms with Gasteiger partial charge in [-0.1, -0.05) is 31.4 Å². The normalized spacial score (nSPS) is 15.5. The van der Waals surface area contributed by atoms with E-state index in [-0.39, 0.29) is 5.78 Å². The van der Waals surface area contributed by atoms with Gasteiger partial charge in [0.15, 0.2) is 16.6 Å². The van der Waals surface area contributed by atoms with Crippen LogP contribution in [0.25, 0.3) is 22.3 Å². The van der Waals surface area contributed by atoms with E-state index in [4.69, 9.17) is 4.74 Å². The van der Waals surface area contributed by atoms with E-state index >= 15 is 0 Å². The number of methoxy groups -OCH3 is 1. The lowest BCUT2D eigenvalue weighted by molar-refractivity contribution is 0.101. The molecule has 2 aromatic heterocycles. The number of hydrogen-bond donors (Lipinski definition) is 0. The Bertz CT molecular complexity index is 967. The number of ether oxygens (including phenoxy) is 1. The van der Waals surface area contributed by atoms with Gasteiger partial charge in [0.25, 0.3) is 0 Å². The van der Waals surface area contributed by atoms with Crippen LogP contribution in [0.15, 0.2) is 18.2 Å². The minimum Gasteiger partial charge on any atom is -0.495 e. The van der Waals surface area contributed by atoms with Crippen LogP contribution in [0.5, 0.6) is 5.75 Å². The molecule has 0 N–H and O–H groups in total. The average molecular weight is 369 g/mol. The second-order valence-electron chi connectivity index (χ2n) is 6.96. The first-order valence-electron chi connectivity index (χ1n) is 9.14. The van der Waals surface area contributed by atoms with Crippen molar-refractivity contribution in [3.63, 3.8) is 0 Å². The number of para-hydroxylation sites is 1. The van der Waals surface area contributed by atoms with Crippen LogP contribution in [0.1, 0.15) is 60.6 Å². The van der Waals surface area contributed by atoms with Gasteiger partial charge in [-0.3, -0.25) is 4.79 Å². The van der Waals surface area contributed by atoms with Crippen molar-refractivity contribution in [2.45, 2.75) is 52.0 Å². The molecule has 6 heteroatoms. The predicted molar refractivity (Wildman–Crippen MR) is 104 cm³/mol. The number of rotatable bonds is 4. The van der Waals surface area contributed by atoms with Gasteiger partial charge < -0.3 is 9.30 Å². The van der Waals surface area contributed by atoms with Crippen LogP contribution in [0.3, 0.4) is 0 Å². The zero-order valence-electron chi connectivity index (χ0n) is 15.4. The minimum atomic E-state index is -0.0417. The second kappa shape index (κ2) is 6.83. The number of nitrogens with zero attached hydrogens (tertiary/aromatic N) is 3. The SMILES string of the molecule is COc1cccc2c(-c3nsc(C(C)=O)n3)c(C)n(C3CCCCC3)c12. The van der Waals surface area contributed by atoms with Crippen LogP contribution in [0.4, 0.5) is 0 Å². The van der Waals surface area contributed by atoms with E-state index in [0.29, 0.717) is 16.9 Å². The zero-order valence-corrected chi connectivity index (χ0v) is 16.2. The standard InChI is InChI=1S/C20H23N3O2S/c1-12-17(19-21-20(13(2)24)26-22-19)15-10-7-11-16(25-3)18(15)23(12)14-8-5-4-6-9-14/h7,10-11,14H,4-6,8-9H2,1-3H3. The number of aromatic nitrogens is 3. The summed E-state index contributed by atoms with van der Waals surface area (Å²) in [5, 5.41) is 1.56. The molecule has 0 atom stereocenters. The number of fused-ring (bicyclic) bond motifs is 1. The Morgan fingerprint density at radius 2 is 2.04 bits per heavy atom. The highest BCUT2D eigenvalue weighted by molar-refractivity contribution is 7.07. The van der Waals surface area contributed by atoms with Crippen molar-refractivity contribution < 1.29 is 9.53 Å². The third-order valence-corrected chi connectivity index (χ3v) is 6.16. The van der Waals surface area contributed by atoms with Gasteiger partial charge in [0.1, 0.15) is 5.75 Å². The molecule has 1 fully saturated rings. The molecule has 4 rings (SSSR count). The Kier molecular flexibility index (Phi) is 4.53. The van der Waals surface area contributed by atoms with Gasteiger partial charge in [0.05, 0.1) is 12.6 Å². The summed E-state index contributed by atoms with van der Waals surface area (Å²) in [6, 6.07) is 6.60. The number of carbonyl (C=O) groups excluding carboxylic acids is 1. The van der Waals surface area contributed by atoms with E-state index in [9.17, 15) is 4.79 Å². The Balaban J connectivity index is 1.98. The number of Topliss-reactive ketones (excluding diaryl/α,β-unsaturated/α-hetero) is 1. The third-order valence-electron chi connectivity index (χ3n) is 5.34. The van der Waals surface area contributed by atoms with Gasteiger partial charge in [-0.05, 0) is 37.4 Å². The predicted octanol–water partition coefficient (Wildman–Crippen LogP) is 5.18. The first kappa shape index (κ1) is 17.2. The second-order valence-corrected chi connectivity index (χ2v) is 7.71. The van der Waals surface area contributed by atoms with Crippen molar-refractivity contribution in [2.24, 2.45) is 0 Å². The molecule has 0 saturated heterocycles. The maximum atomic E-state index is 11.7. The summed E-state index contributed by atoms with van der Waals surface area (Å²) in [4.78, 5) is 16.2. The molecule has 0 bridgehead atoms. The van der Waals surface area contributed by atoms with E-state index in [0.717, 1.165) is 27.9 Å². The highest BCUT2D eigenvalue weighted by atomic mass is 32.1. The van der Waals surface area contributed by atoms with E-state index in [1.165, 1.54) is 50.6 Å². The highest BCUT2D eigenvalue weighted by Crippen LogP contribution is 2.42. The van der Waals surface area contributed by atoms with Crippen molar-refractivity contribution in [2.75, 3.05) is 7.11 Å². The average Bonchev–Trinajstić information content (AvgIpc) is 3.24. The fourth-order valence-corrected chi connectivity index (χ4v) is 4.73. The Hall–Kier alpha value is -2.21. The van der Waals surface area contributed by atoms with Gasteiger partial charge in [0.2, 0.25) is 0 Å². The van der Waals surface area contributed by atoms with Crippen molar-refractivity contribution in [1.82, 2.24) is 13.9 Å². The molecule has 26 heavy (non-hydrogen) atoms. The lowest BCUT2D eigenvalue weighted by Crippen LogP contribution is -2.14. The maximum absolute atomic E-state index is 11.7. The molecule has 1 saturated carbocycles. The molecule has 136 valence electrons. The quantitative estimate of drug-likeness (QED) is 0.594. The zero-order chi connectivity index (χ0) is 18.3. The van der Waals surface area contributed by atoms with Crippen LogP contribution >= 0.6 is 11.5 Å². The van der Waals surface area contributed by atoms with Crippen LogP contribution in [0, 0.1) is 6.92 Å². The molecule has 0 unspecified atom stereocenters. The van der Waals surface area contributed by atoms with Crippen molar-refractivity contribution in [3.8, 4) is 17.1 Å². The molecule has 5 nitrogen and oxygen atoms in total. The Labute approximate surface area is 157 Å². The Morgan fingerprint density at radius 3 is 2.69 bits per heavy atom. The number of hydrogen-bond acceptors (Lipinski definition) is 5. The van der Waals surface area contributed by atoms with Gasteiger partial charge in [0, 0.05) is 29.6 Å². The van der Waals surface area contributed by atoms with Gasteiger partial charge in [-0.25, -0.2) is 4.98 Å². The summed E-state index contributed by atoms with van der Waals surface area (Å²) >= 11 is 1.17. The summed E-state index contributed by atoms with van der Waals surface area (Å²) in [7, 11) is 1.72. The van der Waals surface area contributed by atoms with E-state index < -0.39 is 0 Å². The molecule has 0 radical (unpaired) electrons. The van der Waals surface area contributed by atoms with Crippen molar-refractivity contribution >= 4 is 28.2 Å². The minimum absolute atomic E-state index is 0.0417. The summed E-state index contributed by atoms with van der Waals surface area (Å²) in [6.07, 6.45) is 6.21. The van der Waals surface area contributed by atoms with Gasteiger partial charge >= 0.3 is 0 Å². The van der Waals surface area contributed by atoms with Crippen LogP contribution < -0.4 is 4.74 Å². The monoisotopic (exact) mass is 369 g/mol. The molecule has 3 aromatic rings. The summed E-state index contributed by atoms with van der Waals surface area (Å²) in [5.41, 5.74) is 3.30. The molecule has 0 spiro atoms. The van der Waals surface area contributed by atoms with Crippen LogP contribution in [-0.4, -0.2) is 26.8 Å². The summed E-state index contributed by atoms with van der Waals surface area (Å²) in [6.45, 7) is 3.67. The highest BCUT2D eigenvalue weighted by Gasteiger charge is 2.26. The van der Waals surface area contributed by atoms with Gasteiger partial charge in [-0.2, -0.15) is 4.37 Å². The van der Waals surface area contributed by atoms with E-state index in [2.05, 4.69) is 26.9 Å². The van der Waals surface area contributed by atoms with Crippen molar-refractivity contribution in [3.05, 3.63) is 28.9 Å². The third kappa shape index (κ3) is 2.72. The molecule has 2 heterocycles. The summed E-state index contributed by atoms with van der Waals surface area (Å²) in [5.74, 6) is 1.48. The first-order valence-corrected chi connectivity index (χ1v) is 9.91. The number of carbonyl (C=O) groups is 1. The molecule has 1 aliphatic carbocycles. The topological polar surface area (TPSA) is 57.0 Å². The Morgan fingerprint density at radius 1 is 1.27 bits per heavy atom. The first-order chi connectivity index (χ1) is 12.6. The molecule has 1 aromatic carbocycles. The van der Waals surface area contributed by atoms with Gasteiger partial charge in [-0.15, -0.1) is 0 Å². The largest absolute Gasteiger partial charge is 0.495 e. The van der Waals surface area contributed by atoms with Crippen LogP contribution in [0.2, 0.25) is 0 Å². The summed E-state index contributed by atoms with van der Waals surface area (Å²) < 4.78 is 12.6. The fraction of sp³-hybridized carbons (Fsp3) is 0.450. The molecule has 0 amide bonds. The maximum Gasteiger partial charge on any atom is 0.189 e. The molecule has 1 aliphatic rings. The van der Waals surface area contributed by atoms with E-state index in [1.807, 2.05) is 12.1 Å². The molecule has 0 aliphatic heterocycles. The molecular weight excluding hydrogens is 346 g/mol. The van der Waals surface area contributed by atoms with Crippen molar-refractivity contribution in [1.29, 1.82) is 0 Å². The van der Waals surface area contributed by atoms with E-state index in [1.54, 1.807) is 7.11 Å². The smallest absolute Gasteiger partial charge is 0.189 e. The number of ketones is 1. The fourth-order valence-electron chi connectivity index (χ4n) is 4.17. The lowest BCUT2D eigenvalue weighted by atomic mass is 9.95. The number of benzene rings is 1. The molecular formula is C20H23N3O2S. The van der Waals surface area contributed by atoms with Crippen LogP contribution in [-0.2, 0) is 0 Å². The lowest BCUT2D eigenvalue weighted by Gasteiger charge is -2.26.